The lowest BCUT2D eigenvalue weighted by Crippen LogP contribution is -2.55. The topological polar surface area (TPSA) is 74.3 Å². The fraction of sp³-hybridized carbons (Fsp3) is 0.318. The highest BCUT2D eigenvalue weighted by Crippen LogP contribution is 2.38. The van der Waals surface area contributed by atoms with E-state index in [4.69, 9.17) is 4.74 Å². The molecule has 0 spiro atoms. The molecule has 8 heteroatoms. The Morgan fingerprint density at radius 2 is 1.90 bits per heavy atom. The summed E-state index contributed by atoms with van der Waals surface area (Å²) >= 11 is 0. The zero-order valence-electron chi connectivity index (χ0n) is 17.0. The van der Waals surface area contributed by atoms with Crippen LogP contribution in [0.4, 0.5) is 10.2 Å². The van der Waals surface area contributed by atoms with Crippen molar-refractivity contribution in [2.75, 3.05) is 38.2 Å². The van der Waals surface area contributed by atoms with Gasteiger partial charge in [-0.1, -0.05) is 0 Å². The van der Waals surface area contributed by atoms with E-state index in [9.17, 15) is 9.18 Å². The second kappa shape index (κ2) is 8.62. The van der Waals surface area contributed by atoms with Gasteiger partial charge in [0.25, 0.3) is 0 Å². The van der Waals surface area contributed by atoms with Crippen LogP contribution in [0.25, 0.3) is 22.4 Å². The summed E-state index contributed by atoms with van der Waals surface area (Å²) in [5, 5.41) is 7.72. The van der Waals surface area contributed by atoms with Crippen LogP contribution in [-0.2, 0) is 9.53 Å². The average Bonchev–Trinajstić information content (AvgIpc) is 3.20. The van der Waals surface area contributed by atoms with Crippen LogP contribution in [0.1, 0.15) is 6.92 Å². The Morgan fingerprint density at radius 3 is 2.60 bits per heavy atom. The largest absolute Gasteiger partial charge is 0.465 e. The number of hydrogen-bond donors (Lipinski definition) is 1. The van der Waals surface area contributed by atoms with Crippen molar-refractivity contribution in [2.45, 2.75) is 13.0 Å². The molecular weight excluding hydrogens is 385 g/mol. The number of piperazine rings is 1. The number of benzene rings is 1. The summed E-state index contributed by atoms with van der Waals surface area (Å²) in [6.45, 7) is 4.06. The predicted molar refractivity (Wildman–Crippen MR) is 112 cm³/mol. The third-order valence-electron chi connectivity index (χ3n) is 5.36. The maximum absolute atomic E-state index is 13.4. The number of aromatic amines is 1. The Hall–Kier alpha value is -3.26. The van der Waals surface area contributed by atoms with Crippen LogP contribution in [0.15, 0.2) is 48.8 Å². The number of carbonyl (C=O) groups is 1. The molecule has 3 aromatic rings. The first-order valence-electron chi connectivity index (χ1n) is 9.95. The Balaban J connectivity index is 1.75. The standard InChI is InChI=1S/C22H24FN5O2/c1-3-30-22(29)18-14-28(13-12-27(18)2)21-19(15-8-10-24-11-9-15)20(25-26-21)16-4-6-17(23)7-5-16/h4-11,18H,3,12-14H2,1-2H3,(H,25,26). The Kier molecular flexibility index (Phi) is 5.76. The van der Waals surface area contributed by atoms with Crippen molar-refractivity contribution in [2.24, 2.45) is 0 Å². The average molecular weight is 409 g/mol. The molecule has 0 saturated carbocycles. The van der Waals surface area contributed by atoms with Gasteiger partial charge in [0.1, 0.15) is 11.9 Å². The zero-order chi connectivity index (χ0) is 21.1. The summed E-state index contributed by atoms with van der Waals surface area (Å²) in [5.74, 6) is 0.229. The highest BCUT2D eigenvalue weighted by atomic mass is 19.1. The number of halogens is 1. The zero-order valence-corrected chi connectivity index (χ0v) is 17.0. The lowest BCUT2D eigenvalue weighted by molar-refractivity contribution is -0.149. The SMILES string of the molecule is CCOC(=O)C1CN(c2n[nH]c(-c3ccc(F)cc3)c2-c2ccncc2)CCN1C. The van der Waals surface area contributed by atoms with Crippen molar-refractivity contribution >= 4 is 11.8 Å². The Labute approximate surface area is 174 Å². The van der Waals surface area contributed by atoms with Crippen LogP contribution in [-0.4, -0.2) is 65.4 Å². The Morgan fingerprint density at radius 1 is 1.17 bits per heavy atom. The molecule has 1 unspecified atom stereocenters. The molecule has 2 aromatic heterocycles. The third kappa shape index (κ3) is 3.91. The molecule has 1 fully saturated rings. The van der Waals surface area contributed by atoms with E-state index < -0.39 is 0 Å². The number of anilines is 1. The van der Waals surface area contributed by atoms with E-state index in [1.165, 1.54) is 12.1 Å². The number of aromatic nitrogens is 3. The summed E-state index contributed by atoms with van der Waals surface area (Å²) in [5.41, 5.74) is 3.47. The lowest BCUT2D eigenvalue weighted by atomic mass is 10.0. The highest BCUT2D eigenvalue weighted by Gasteiger charge is 2.33. The van der Waals surface area contributed by atoms with Gasteiger partial charge in [-0.05, 0) is 55.9 Å². The third-order valence-corrected chi connectivity index (χ3v) is 5.36. The van der Waals surface area contributed by atoms with E-state index in [0.717, 1.165) is 34.7 Å². The van der Waals surface area contributed by atoms with E-state index in [2.05, 4.69) is 20.1 Å². The minimum atomic E-state index is -0.366. The van der Waals surface area contributed by atoms with Crippen molar-refractivity contribution in [1.29, 1.82) is 0 Å². The number of esters is 1. The Bertz CT molecular complexity index is 1010. The maximum Gasteiger partial charge on any atom is 0.325 e. The number of likely N-dealkylation sites (N-methyl/N-ethyl adjacent to an activating group) is 1. The van der Waals surface area contributed by atoms with Gasteiger partial charge in [-0.15, -0.1) is 0 Å². The number of ether oxygens (including phenoxy) is 1. The van der Waals surface area contributed by atoms with Crippen LogP contribution >= 0.6 is 0 Å². The molecule has 1 aromatic carbocycles. The first-order chi connectivity index (χ1) is 14.6. The van der Waals surface area contributed by atoms with Crippen LogP contribution in [0.5, 0.6) is 0 Å². The first-order valence-corrected chi connectivity index (χ1v) is 9.95. The first kappa shape index (κ1) is 20.0. The van der Waals surface area contributed by atoms with Crippen LogP contribution in [0.3, 0.4) is 0 Å². The quantitative estimate of drug-likeness (QED) is 0.653. The molecule has 0 amide bonds. The maximum atomic E-state index is 13.4. The molecule has 156 valence electrons. The number of H-pyrrole nitrogens is 1. The second-order valence-corrected chi connectivity index (χ2v) is 7.23. The van der Waals surface area contributed by atoms with Crippen LogP contribution in [0.2, 0.25) is 0 Å². The molecule has 3 heterocycles. The molecule has 7 nitrogen and oxygen atoms in total. The van der Waals surface area contributed by atoms with E-state index >= 15 is 0 Å². The summed E-state index contributed by atoms with van der Waals surface area (Å²) < 4.78 is 18.7. The number of nitrogens with one attached hydrogen (secondary N) is 1. The van der Waals surface area contributed by atoms with Gasteiger partial charge in [0.05, 0.1) is 17.9 Å². The molecule has 0 radical (unpaired) electrons. The van der Waals surface area contributed by atoms with E-state index in [0.29, 0.717) is 19.7 Å². The normalized spacial score (nSPS) is 17.2. The predicted octanol–water partition coefficient (Wildman–Crippen LogP) is 2.96. The second-order valence-electron chi connectivity index (χ2n) is 7.23. The lowest BCUT2D eigenvalue weighted by Gasteiger charge is -2.38. The summed E-state index contributed by atoms with van der Waals surface area (Å²) in [6.07, 6.45) is 3.46. The van der Waals surface area contributed by atoms with Crippen LogP contribution < -0.4 is 4.90 Å². The minimum Gasteiger partial charge on any atom is -0.465 e. The molecule has 4 rings (SSSR count). The molecule has 1 atom stereocenters. The number of hydrogen-bond acceptors (Lipinski definition) is 6. The molecular formula is C22H24FN5O2. The van der Waals surface area contributed by atoms with E-state index in [1.54, 1.807) is 24.5 Å². The summed E-state index contributed by atoms with van der Waals surface area (Å²) in [6, 6.07) is 9.78. The van der Waals surface area contributed by atoms with Gasteiger partial charge in [-0.25, -0.2) is 4.39 Å². The van der Waals surface area contributed by atoms with E-state index in [-0.39, 0.29) is 17.8 Å². The monoisotopic (exact) mass is 409 g/mol. The van der Waals surface area contributed by atoms with Gasteiger partial charge < -0.3 is 9.64 Å². The van der Waals surface area contributed by atoms with Gasteiger partial charge in [-0.3, -0.25) is 19.8 Å². The fourth-order valence-electron chi connectivity index (χ4n) is 3.74. The molecule has 30 heavy (non-hydrogen) atoms. The number of rotatable bonds is 5. The molecule has 0 bridgehead atoms. The van der Waals surface area contributed by atoms with Crippen molar-refractivity contribution in [3.63, 3.8) is 0 Å². The summed E-state index contributed by atoms with van der Waals surface area (Å²) in [4.78, 5) is 20.7. The molecule has 1 N–H and O–H groups in total. The fourth-order valence-corrected chi connectivity index (χ4v) is 3.74. The van der Waals surface area contributed by atoms with Crippen molar-refractivity contribution in [3.8, 4) is 22.4 Å². The minimum absolute atomic E-state index is 0.232. The van der Waals surface area contributed by atoms with Gasteiger partial charge >= 0.3 is 5.97 Å². The smallest absolute Gasteiger partial charge is 0.325 e. The van der Waals surface area contributed by atoms with Gasteiger partial charge in [-0.2, -0.15) is 5.10 Å². The number of carbonyl (C=O) groups excluding carboxylic acids is 1. The van der Waals surface area contributed by atoms with Crippen molar-refractivity contribution < 1.29 is 13.9 Å². The molecule has 1 aliphatic heterocycles. The van der Waals surface area contributed by atoms with E-state index in [1.807, 2.05) is 31.0 Å². The van der Waals surface area contributed by atoms with Gasteiger partial charge in [0, 0.05) is 37.6 Å². The molecule has 0 aliphatic carbocycles. The number of nitrogens with zero attached hydrogens (tertiary/aromatic N) is 4. The van der Waals surface area contributed by atoms with Crippen molar-refractivity contribution in [1.82, 2.24) is 20.1 Å². The number of pyridine rings is 1. The van der Waals surface area contributed by atoms with Gasteiger partial charge in [0.15, 0.2) is 5.82 Å². The van der Waals surface area contributed by atoms with Gasteiger partial charge in [0.2, 0.25) is 0 Å². The van der Waals surface area contributed by atoms with Crippen LogP contribution in [0, 0.1) is 5.82 Å². The van der Waals surface area contributed by atoms with Crippen molar-refractivity contribution in [3.05, 3.63) is 54.6 Å². The summed E-state index contributed by atoms with van der Waals surface area (Å²) in [7, 11) is 1.93. The molecule has 1 aliphatic rings. The molecule has 1 saturated heterocycles. The highest BCUT2D eigenvalue weighted by molar-refractivity contribution is 5.89.